The molecule has 1 saturated carbocycles. The van der Waals surface area contributed by atoms with E-state index in [0.717, 1.165) is 22.1 Å². The predicted octanol–water partition coefficient (Wildman–Crippen LogP) is 5.66. The highest BCUT2D eigenvalue weighted by Crippen LogP contribution is 2.59. The number of allylic oxidation sites excluding steroid dienone is 3. The van der Waals surface area contributed by atoms with Gasteiger partial charge in [-0.25, -0.2) is 4.90 Å². The van der Waals surface area contributed by atoms with Gasteiger partial charge in [0.15, 0.2) is 0 Å². The normalized spacial score (nSPS) is 24.5. The zero-order chi connectivity index (χ0) is 23.5. The lowest BCUT2D eigenvalue weighted by atomic mass is 9.85. The van der Waals surface area contributed by atoms with Crippen LogP contribution in [0.25, 0.3) is 16.5 Å². The van der Waals surface area contributed by atoms with Crippen LogP contribution in [0.15, 0.2) is 115 Å². The third-order valence-electron chi connectivity index (χ3n) is 7.68. The van der Waals surface area contributed by atoms with Crippen LogP contribution >= 0.6 is 0 Å². The van der Waals surface area contributed by atoms with Crippen molar-refractivity contribution in [1.29, 1.82) is 0 Å². The molecule has 7 rings (SSSR count). The van der Waals surface area contributed by atoms with Gasteiger partial charge < -0.3 is 0 Å². The first-order valence-electron chi connectivity index (χ1n) is 12.0. The van der Waals surface area contributed by atoms with Crippen molar-refractivity contribution in [1.82, 2.24) is 4.98 Å². The molecular weight excluding hydrogens is 432 g/mol. The summed E-state index contributed by atoms with van der Waals surface area (Å²) in [5.41, 5.74) is 5.82. The van der Waals surface area contributed by atoms with Gasteiger partial charge in [-0.1, -0.05) is 91.0 Å². The van der Waals surface area contributed by atoms with Crippen LogP contribution < -0.4 is 4.90 Å². The Kier molecular flexibility index (Phi) is 4.37. The summed E-state index contributed by atoms with van der Waals surface area (Å²) >= 11 is 0. The van der Waals surface area contributed by atoms with Crippen LogP contribution in [0.5, 0.6) is 0 Å². The van der Waals surface area contributed by atoms with Crippen molar-refractivity contribution in [2.24, 2.45) is 23.7 Å². The number of hydrogen-bond acceptors (Lipinski definition) is 3. The molecule has 4 heteroatoms. The van der Waals surface area contributed by atoms with Crippen molar-refractivity contribution >= 4 is 34.0 Å². The minimum Gasteiger partial charge on any atom is -0.274 e. The molecule has 1 aromatic heterocycles. The third kappa shape index (κ3) is 2.83. The molecular formula is C31H22N2O2. The molecule has 0 radical (unpaired) electrons. The quantitative estimate of drug-likeness (QED) is 0.297. The Morgan fingerprint density at radius 3 is 1.83 bits per heavy atom. The summed E-state index contributed by atoms with van der Waals surface area (Å²) in [5.74, 6) is -1.18. The van der Waals surface area contributed by atoms with Crippen molar-refractivity contribution < 1.29 is 9.59 Å². The number of amides is 2. The third-order valence-corrected chi connectivity index (χ3v) is 7.68. The van der Waals surface area contributed by atoms with Crippen LogP contribution in [-0.2, 0) is 9.59 Å². The molecule has 0 unspecified atom stereocenters. The van der Waals surface area contributed by atoms with Crippen molar-refractivity contribution in [3.05, 3.63) is 126 Å². The number of fused-ring (bicyclic) bond motifs is 6. The van der Waals surface area contributed by atoms with Crippen molar-refractivity contribution in [2.75, 3.05) is 4.90 Å². The Labute approximate surface area is 203 Å². The highest BCUT2D eigenvalue weighted by molar-refractivity contribution is 6.25. The number of rotatable bonds is 3. The van der Waals surface area contributed by atoms with Crippen LogP contribution in [0.2, 0.25) is 0 Å². The fourth-order valence-corrected chi connectivity index (χ4v) is 6.31. The van der Waals surface area contributed by atoms with Gasteiger partial charge in [-0.3, -0.25) is 14.6 Å². The van der Waals surface area contributed by atoms with E-state index in [1.54, 1.807) is 6.20 Å². The fraction of sp³-hybridized carbons (Fsp3) is 0.129. The lowest BCUT2D eigenvalue weighted by Crippen LogP contribution is -2.33. The molecule has 3 aliphatic rings. The average molecular weight is 455 g/mol. The number of imide groups is 1. The molecule has 1 saturated heterocycles. The van der Waals surface area contributed by atoms with Gasteiger partial charge in [0.1, 0.15) is 0 Å². The highest BCUT2D eigenvalue weighted by atomic mass is 16.2. The molecule has 2 heterocycles. The number of carbonyl (C=O) groups excluding carboxylic acids is 2. The van der Waals surface area contributed by atoms with Gasteiger partial charge in [0, 0.05) is 23.4 Å². The monoisotopic (exact) mass is 454 g/mol. The number of carbonyl (C=O) groups is 2. The van der Waals surface area contributed by atoms with Gasteiger partial charge in [0.25, 0.3) is 0 Å². The van der Waals surface area contributed by atoms with E-state index < -0.39 is 0 Å². The Morgan fingerprint density at radius 2 is 1.23 bits per heavy atom. The molecule has 168 valence electrons. The summed E-state index contributed by atoms with van der Waals surface area (Å²) in [4.78, 5) is 33.7. The molecule has 35 heavy (non-hydrogen) atoms. The van der Waals surface area contributed by atoms with Crippen LogP contribution in [0, 0.1) is 23.7 Å². The first-order valence-corrected chi connectivity index (χ1v) is 12.0. The number of hydrogen-bond donors (Lipinski definition) is 0. The molecule has 2 amide bonds. The molecule has 3 aromatic carbocycles. The van der Waals surface area contributed by atoms with E-state index in [0.29, 0.717) is 11.2 Å². The van der Waals surface area contributed by atoms with Crippen LogP contribution in [0.4, 0.5) is 5.69 Å². The summed E-state index contributed by atoms with van der Waals surface area (Å²) in [6.45, 7) is 0. The van der Waals surface area contributed by atoms with Crippen molar-refractivity contribution in [2.45, 2.75) is 0 Å². The number of para-hydroxylation sites is 1. The van der Waals surface area contributed by atoms with Crippen LogP contribution in [0.1, 0.15) is 11.1 Å². The molecule has 1 aliphatic heterocycles. The second-order valence-electron chi connectivity index (χ2n) is 9.41. The first-order chi connectivity index (χ1) is 17.2. The zero-order valence-corrected chi connectivity index (χ0v) is 18.9. The Bertz CT molecular complexity index is 1470. The summed E-state index contributed by atoms with van der Waals surface area (Å²) < 4.78 is 0. The lowest BCUT2D eigenvalue weighted by Gasteiger charge is -2.22. The maximum atomic E-state index is 13.9. The molecule has 4 nitrogen and oxygen atoms in total. The molecule has 2 fully saturated rings. The summed E-state index contributed by atoms with van der Waals surface area (Å²) in [6, 6.07) is 30.1. The van der Waals surface area contributed by atoms with Gasteiger partial charge in [0.2, 0.25) is 11.8 Å². The van der Waals surface area contributed by atoms with Gasteiger partial charge in [-0.2, -0.15) is 0 Å². The number of benzene rings is 3. The van der Waals surface area contributed by atoms with Gasteiger partial charge in [-0.15, -0.1) is 0 Å². The zero-order valence-electron chi connectivity index (χ0n) is 18.9. The first kappa shape index (κ1) is 20.1. The average Bonchev–Trinajstić information content (AvgIpc) is 3.54. The lowest BCUT2D eigenvalue weighted by molar-refractivity contribution is -0.122. The number of pyridine rings is 1. The smallest absolute Gasteiger partial charge is 0.238 e. The van der Waals surface area contributed by atoms with Crippen molar-refractivity contribution in [3.63, 3.8) is 0 Å². The van der Waals surface area contributed by atoms with Crippen molar-refractivity contribution in [3.8, 4) is 0 Å². The maximum Gasteiger partial charge on any atom is 0.238 e. The van der Waals surface area contributed by atoms with E-state index >= 15 is 0 Å². The number of nitrogens with zero attached hydrogens (tertiary/aromatic N) is 2. The van der Waals surface area contributed by atoms with Gasteiger partial charge in [0.05, 0.1) is 23.0 Å². The van der Waals surface area contributed by atoms with Gasteiger partial charge >= 0.3 is 0 Å². The minimum absolute atomic E-state index is 0.0928. The Balaban J connectivity index is 1.38. The summed E-state index contributed by atoms with van der Waals surface area (Å²) in [7, 11) is 0. The second-order valence-corrected chi connectivity index (χ2v) is 9.41. The maximum absolute atomic E-state index is 13.9. The largest absolute Gasteiger partial charge is 0.274 e. The molecule has 4 aromatic rings. The highest BCUT2D eigenvalue weighted by Gasteiger charge is 2.62. The summed E-state index contributed by atoms with van der Waals surface area (Å²) in [6.07, 6.45) is 5.99. The second kappa shape index (κ2) is 7.60. The van der Waals surface area contributed by atoms with E-state index in [1.165, 1.54) is 10.5 Å². The van der Waals surface area contributed by atoms with E-state index in [1.807, 2.05) is 66.7 Å². The van der Waals surface area contributed by atoms with E-state index in [2.05, 4.69) is 41.4 Å². The van der Waals surface area contributed by atoms with E-state index in [9.17, 15) is 9.59 Å². The topological polar surface area (TPSA) is 50.3 Å². The van der Waals surface area contributed by atoms with E-state index in [-0.39, 0.29) is 35.5 Å². The predicted molar refractivity (Wildman–Crippen MR) is 136 cm³/mol. The molecule has 2 bridgehead atoms. The SMILES string of the molecule is O=C1[C@@H]2[C@@H](C(=O)N1c1cccc3cccnc13)[C@H]1C=C[C@H]2C1=C(c1ccccc1)c1ccccc1. The van der Waals surface area contributed by atoms with Crippen LogP contribution in [-0.4, -0.2) is 16.8 Å². The van der Waals surface area contributed by atoms with Crippen LogP contribution in [0.3, 0.4) is 0 Å². The standard InChI is InChI=1S/C31H22N2O2/c34-30-27-22-16-17-23(26(22)25(19-9-3-1-4-10-19)20-11-5-2-6-12-20)28(27)31(35)33(30)24-15-7-13-21-14-8-18-32-29(21)24/h1-18,22-23,27-28H/t22-,23-,27-,28-/m0/s1. The molecule has 2 aliphatic carbocycles. The fourth-order valence-electron chi connectivity index (χ4n) is 6.31. The molecule has 0 N–H and O–H groups in total. The summed E-state index contributed by atoms with van der Waals surface area (Å²) in [5, 5.41) is 0.916. The Hall–Kier alpha value is -4.31. The molecule has 4 atom stereocenters. The number of aromatic nitrogens is 1. The minimum atomic E-state index is -0.381. The van der Waals surface area contributed by atoms with Gasteiger partial charge in [-0.05, 0) is 34.4 Å². The number of anilines is 1. The molecule has 0 spiro atoms. The van der Waals surface area contributed by atoms with E-state index in [4.69, 9.17) is 0 Å². The Morgan fingerprint density at radius 1 is 0.657 bits per heavy atom.